The number of nitrogens with zero attached hydrogens (tertiary/aromatic N) is 2. The minimum absolute atomic E-state index is 0.190. The lowest BCUT2D eigenvalue weighted by molar-refractivity contribution is 0.181. The predicted octanol–water partition coefficient (Wildman–Crippen LogP) is 1.37. The van der Waals surface area contributed by atoms with E-state index >= 15 is 0 Å². The second kappa shape index (κ2) is 4.94. The Morgan fingerprint density at radius 1 is 1.77 bits per heavy atom. The zero-order valence-electron chi connectivity index (χ0n) is 7.40. The van der Waals surface area contributed by atoms with Crippen LogP contribution in [0.3, 0.4) is 0 Å². The number of aromatic nitrogens is 1. The summed E-state index contributed by atoms with van der Waals surface area (Å²) in [6.07, 6.45) is 10.0. The van der Waals surface area contributed by atoms with Gasteiger partial charge in [0.05, 0.1) is 6.21 Å². The third-order valence-corrected chi connectivity index (χ3v) is 1.49. The summed E-state index contributed by atoms with van der Waals surface area (Å²) >= 11 is 0. The van der Waals surface area contributed by atoms with Gasteiger partial charge in [-0.2, -0.15) is 0 Å². The molecule has 0 radical (unpaired) electrons. The number of oxime groups is 1. The standard InChI is InChI=1S/C10H10N2O/c1-3-6-13-12-8-10-7-11-5-4-9(10)2/h1,4-5,7-8H,6H2,2H3/b12-8+. The molecule has 0 spiro atoms. The largest absolute Gasteiger partial charge is 0.383 e. The number of terminal acetylenes is 1. The van der Waals surface area contributed by atoms with Crippen LogP contribution in [0.2, 0.25) is 0 Å². The van der Waals surface area contributed by atoms with E-state index < -0.39 is 0 Å². The van der Waals surface area contributed by atoms with Crippen molar-refractivity contribution < 1.29 is 4.84 Å². The SMILES string of the molecule is C#CCO/N=C/c1cnccc1C. The van der Waals surface area contributed by atoms with Crippen molar-refractivity contribution in [2.24, 2.45) is 5.16 Å². The van der Waals surface area contributed by atoms with Crippen molar-refractivity contribution in [1.82, 2.24) is 4.98 Å². The van der Waals surface area contributed by atoms with Crippen LogP contribution in [-0.4, -0.2) is 17.8 Å². The Labute approximate surface area is 77.4 Å². The molecule has 0 unspecified atom stereocenters. The van der Waals surface area contributed by atoms with Gasteiger partial charge in [0.2, 0.25) is 0 Å². The maximum atomic E-state index is 4.98. The minimum Gasteiger partial charge on any atom is -0.383 e. The van der Waals surface area contributed by atoms with Gasteiger partial charge in [-0.05, 0) is 18.6 Å². The van der Waals surface area contributed by atoms with Crippen LogP contribution in [0.1, 0.15) is 11.1 Å². The summed E-state index contributed by atoms with van der Waals surface area (Å²) in [5, 5.41) is 3.68. The lowest BCUT2D eigenvalue weighted by Gasteiger charge is -1.96. The molecule has 0 bridgehead atoms. The monoisotopic (exact) mass is 174 g/mol. The van der Waals surface area contributed by atoms with Gasteiger partial charge in [0.25, 0.3) is 0 Å². The highest BCUT2D eigenvalue weighted by atomic mass is 16.6. The molecule has 0 aliphatic carbocycles. The molecule has 0 saturated carbocycles. The minimum atomic E-state index is 0.190. The highest BCUT2D eigenvalue weighted by Crippen LogP contribution is 2.00. The molecule has 0 aliphatic rings. The maximum Gasteiger partial charge on any atom is 0.177 e. The van der Waals surface area contributed by atoms with E-state index in [9.17, 15) is 0 Å². The Morgan fingerprint density at radius 2 is 2.62 bits per heavy atom. The molecule has 0 amide bonds. The van der Waals surface area contributed by atoms with Crippen LogP contribution in [0.5, 0.6) is 0 Å². The Balaban J connectivity index is 2.59. The van der Waals surface area contributed by atoms with E-state index in [0.717, 1.165) is 11.1 Å². The van der Waals surface area contributed by atoms with Gasteiger partial charge in [0.15, 0.2) is 6.61 Å². The summed E-state index contributed by atoms with van der Waals surface area (Å²) in [6, 6.07) is 1.91. The van der Waals surface area contributed by atoms with E-state index in [1.54, 1.807) is 18.6 Å². The maximum absolute atomic E-state index is 4.98. The van der Waals surface area contributed by atoms with Crippen LogP contribution < -0.4 is 0 Å². The summed E-state index contributed by atoms with van der Waals surface area (Å²) in [5.74, 6) is 2.32. The molecule has 1 rings (SSSR count). The van der Waals surface area contributed by atoms with Crippen LogP contribution in [-0.2, 0) is 4.84 Å². The zero-order chi connectivity index (χ0) is 9.52. The average Bonchev–Trinajstić information content (AvgIpc) is 2.15. The normalized spacial score (nSPS) is 9.85. The van der Waals surface area contributed by atoms with Gasteiger partial charge >= 0.3 is 0 Å². The van der Waals surface area contributed by atoms with Crippen LogP contribution in [0.15, 0.2) is 23.6 Å². The number of hydrogen-bond acceptors (Lipinski definition) is 3. The first-order valence-corrected chi connectivity index (χ1v) is 3.84. The van der Waals surface area contributed by atoms with E-state index in [-0.39, 0.29) is 6.61 Å². The predicted molar refractivity (Wildman–Crippen MR) is 51.4 cm³/mol. The highest BCUT2D eigenvalue weighted by Gasteiger charge is 1.91. The van der Waals surface area contributed by atoms with Gasteiger partial charge in [0, 0.05) is 18.0 Å². The van der Waals surface area contributed by atoms with E-state index in [1.807, 2.05) is 13.0 Å². The van der Waals surface area contributed by atoms with E-state index in [2.05, 4.69) is 16.1 Å². The molecule has 0 saturated heterocycles. The van der Waals surface area contributed by atoms with Gasteiger partial charge in [-0.25, -0.2) is 0 Å². The molecule has 3 heteroatoms. The second-order valence-electron chi connectivity index (χ2n) is 2.44. The van der Waals surface area contributed by atoms with Crippen LogP contribution >= 0.6 is 0 Å². The third-order valence-electron chi connectivity index (χ3n) is 1.49. The molecule has 0 aromatic carbocycles. The molecular weight excluding hydrogens is 164 g/mol. The topological polar surface area (TPSA) is 34.5 Å². The Hall–Kier alpha value is -1.82. The third kappa shape index (κ3) is 2.96. The molecule has 3 nitrogen and oxygen atoms in total. The molecule has 1 heterocycles. The van der Waals surface area contributed by atoms with Crippen LogP contribution in [0.25, 0.3) is 0 Å². The second-order valence-corrected chi connectivity index (χ2v) is 2.44. The van der Waals surface area contributed by atoms with Crippen molar-refractivity contribution in [2.45, 2.75) is 6.92 Å². The summed E-state index contributed by atoms with van der Waals surface area (Å²) in [4.78, 5) is 8.70. The molecule has 0 aliphatic heterocycles. The van der Waals surface area contributed by atoms with Crippen molar-refractivity contribution in [3.8, 4) is 12.3 Å². The van der Waals surface area contributed by atoms with Crippen LogP contribution in [0, 0.1) is 19.3 Å². The molecule has 1 aromatic heterocycles. The molecule has 0 atom stereocenters. The Morgan fingerprint density at radius 3 is 3.31 bits per heavy atom. The van der Waals surface area contributed by atoms with Crippen molar-refractivity contribution in [3.63, 3.8) is 0 Å². The van der Waals surface area contributed by atoms with Gasteiger partial charge in [-0.1, -0.05) is 11.1 Å². The Bertz CT molecular complexity index is 339. The average molecular weight is 174 g/mol. The molecule has 66 valence electrons. The molecule has 0 fully saturated rings. The molecule has 0 N–H and O–H groups in total. The quantitative estimate of drug-likeness (QED) is 0.300. The first-order valence-electron chi connectivity index (χ1n) is 3.84. The van der Waals surface area contributed by atoms with E-state index in [4.69, 9.17) is 11.3 Å². The fourth-order valence-corrected chi connectivity index (χ4v) is 0.780. The lowest BCUT2D eigenvalue weighted by atomic mass is 10.2. The van der Waals surface area contributed by atoms with Gasteiger partial charge in [-0.15, -0.1) is 6.42 Å². The van der Waals surface area contributed by atoms with Crippen molar-refractivity contribution in [1.29, 1.82) is 0 Å². The van der Waals surface area contributed by atoms with Gasteiger partial charge in [-0.3, -0.25) is 4.98 Å². The van der Waals surface area contributed by atoms with Gasteiger partial charge < -0.3 is 4.84 Å². The number of hydrogen-bond donors (Lipinski definition) is 0. The zero-order valence-corrected chi connectivity index (χ0v) is 7.40. The van der Waals surface area contributed by atoms with Crippen LogP contribution in [0.4, 0.5) is 0 Å². The summed E-state index contributed by atoms with van der Waals surface area (Å²) in [7, 11) is 0. The lowest BCUT2D eigenvalue weighted by Crippen LogP contribution is -1.89. The van der Waals surface area contributed by atoms with E-state index in [1.165, 1.54) is 0 Å². The van der Waals surface area contributed by atoms with Crippen molar-refractivity contribution >= 4 is 6.21 Å². The highest BCUT2D eigenvalue weighted by molar-refractivity contribution is 5.80. The summed E-state index contributed by atoms with van der Waals surface area (Å²) in [5.41, 5.74) is 2.03. The number of rotatable bonds is 3. The molecular formula is C10H10N2O. The Kier molecular flexibility index (Phi) is 3.52. The van der Waals surface area contributed by atoms with E-state index in [0.29, 0.717) is 0 Å². The smallest absolute Gasteiger partial charge is 0.177 e. The van der Waals surface area contributed by atoms with Crippen molar-refractivity contribution in [3.05, 3.63) is 29.6 Å². The number of pyridine rings is 1. The molecule has 1 aromatic rings. The first kappa shape index (κ1) is 9.27. The summed E-state index contributed by atoms with van der Waals surface area (Å²) in [6.45, 7) is 2.17. The van der Waals surface area contributed by atoms with Gasteiger partial charge in [0.1, 0.15) is 0 Å². The fraction of sp³-hybridized carbons (Fsp3) is 0.200. The summed E-state index contributed by atoms with van der Waals surface area (Å²) < 4.78 is 0. The number of aryl methyl sites for hydroxylation is 1. The first-order chi connectivity index (χ1) is 6.34. The van der Waals surface area contributed by atoms with Crippen molar-refractivity contribution in [2.75, 3.05) is 6.61 Å². The molecule has 13 heavy (non-hydrogen) atoms. The fourth-order valence-electron chi connectivity index (χ4n) is 0.780.